The maximum atomic E-state index is 14.0. The van der Waals surface area contributed by atoms with Gasteiger partial charge in [0.15, 0.2) is 0 Å². The van der Waals surface area contributed by atoms with Crippen molar-refractivity contribution in [3.8, 4) is 0 Å². The Balaban J connectivity index is 1.59. The molecular weight excluding hydrogens is 650 g/mol. The monoisotopic (exact) mass is 693 g/mol. The number of oxime groups is 1. The zero-order valence-electron chi connectivity index (χ0n) is 28.0. The Hall–Kier alpha value is -4.73. The van der Waals surface area contributed by atoms with Gasteiger partial charge in [0.05, 0.1) is 41.7 Å². The van der Waals surface area contributed by atoms with Crippen LogP contribution < -0.4 is 5.32 Å². The predicted molar refractivity (Wildman–Crippen MR) is 181 cm³/mol. The first-order chi connectivity index (χ1) is 23.3. The minimum atomic E-state index is -4.10. The number of carbonyl (C=O) groups excluding carboxylic acids is 3. The van der Waals surface area contributed by atoms with Gasteiger partial charge in [0, 0.05) is 25.5 Å². The number of benzene rings is 2. The lowest BCUT2D eigenvalue weighted by molar-refractivity contribution is -0.129. The average molecular weight is 694 g/mol. The van der Waals surface area contributed by atoms with E-state index in [0.717, 1.165) is 10.5 Å². The summed E-state index contributed by atoms with van der Waals surface area (Å²) >= 11 is 0. The van der Waals surface area contributed by atoms with Crippen LogP contribution in [0.4, 0.5) is 4.79 Å². The fourth-order valence-corrected chi connectivity index (χ4v) is 7.31. The van der Waals surface area contributed by atoms with Gasteiger partial charge in [-0.1, -0.05) is 75.3 Å². The molecule has 0 radical (unpaired) electrons. The SMILES string of the molecule is CC(C)CN(C[C@@H](O)[C@H](Cc1ccccc1)NC(=O)[C@H](C(C)C)N1CC(=O)N(Cc2cnccn2)C1=O)S(=O)(=O)c1ccc(C=NO)cc1. The molecule has 14 nitrogen and oxygen atoms in total. The molecule has 1 aliphatic heterocycles. The standard InChI is InChI=1S/C34H43N7O7S/c1-23(2)19-39(49(47,48)28-12-10-26(11-13-28)17-37-46)21-30(42)29(16-25-8-6-5-7-9-25)38-33(44)32(24(3)4)41-22-31(43)40(34(41)45)20-27-18-35-14-15-36-27/h5-15,17-18,23-24,29-30,32,42,46H,16,19-22H2,1-4H3,(H,38,44)/t29-,30+,32-/m0/s1. The van der Waals surface area contributed by atoms with Crippen LogP contribution in [0.5, 0.6) is 0 Å². The highest BCUT2D eigenvalue weighted by molar-refractivity contribution is 7.89. The molecule has 3 aromatic rings. The Morgan fingerprint density at radius 3 is 2.33 bits per heavy atom. The Morgan fingerprint density at radius 2 is 1.73 bits per heavy atom. The molecule has 1 saturated heterocycles. The van der Waals surface area contributed by atoms with Crippen LogP contribution in [0.1, 0.15) is 44.5 Å². The van der Waals surface area contributed by atoms with Crippen LogP contribution in [0.2, 0.25) is 0 Å². The summed E-state index contributed by atoms with van der Waals surface area (Å²) < 4.78 is 28.9. The number of carbonyl (C=O) groups is 3. The van der Waals surface area contributed by atoms with E-state index in [-0.39, 0.29) is 43.4 Å². The Bertz CT molecular complexity index is 1710. The van der Waals surface area contributed by atoms with Crippen molar-refractivity contribution < 1.29 is 33.1 Å². The fourth-order valence-electron chi connectivity index (χ4n) is 5.69. The molecular formula is C34H43N7O7S. The average Bonchev–Trinajstić information content (AvgIpc) is 3.33. The van der Waals surface area contributed by atoms with Crippen molar-refractivity contribution >= 4 is 34.1 Å². The first kappa shape index (κ1) is 37.1. The van der Waals surface area contributed by atoms with Gasteiger partial charge in [0.2, 0.25) is 15.9 Å². The number of aliphatic hydroxyl groups is 1. The van der Waals surface area contributed by atoms with Crippen LogP contribution >= 0.6 is 0 Å². The Labute approximate surface area is 286 Å². The molecule has 0 saturated carbocycles. The number of nitrogens with one attached hydrogen (secondary N) is 1. The maximum absolute atomic E-state index is 14.0. The molecule has 0 aliphatic carbocycles. The lowest BCUT2D eigenvalue weighted by atomic mass is 9.97. The highest BCUT2D eigenvalue weighted by Gasteiger charge is 2.44. The number of nitrogens with zero attached hydrogens (tertiary/aromatic N) is 6. The molecule has 0 spiro atoms. The molecule has 2 heterocycles. The number of aromatic nitrogens is 2. The van der Waals surface area contributed by atoms with Crippen molar-refractivity contribution in [3.63, 3.8) is 0 Å². The van der Waals surface area contributed by atoms with Gasteiger partial charge < -0.3 is 20.5 Å². The largest absolute Gasteiger partial charge is 0.411 e. The number of imide groups is 1. The summed E-state index contributed by atoms with van der Waals surface area (Å²) in [6, 6.07) is 12.2. The highest BCUT2D eigenvalue weighted by atomic mass is 32.2. The van der Waals surface area contributed by atoms with Crippen LogP contribution in [0.3, 0.4) is 0 Å². The second kappa shape index (κ2) is 16.6. The third-order valence-corrected chi connectivity index (χ3v) is 9.88. The normalized spacial score (nSPS) is 15.8. The number of amides is 4. The zero-order valence-corrected chi connectivity index (χ0v) is 28.8. The van der Waals surface area contributed by atoms with Crippen molar-refractivity contribution in [2.45, 2.75) is 63.7 Å². The molecule has 1 aliphatic rings. The minimum absolute atomic E-state index is 0.0118. The van der Waals surface area contributed by atoms with Crippen molar-refractivity contribution in [1.82, 2.24) is 29.4 Å². The van der Waals surface area contributed by atoms with Crippen LogP contribution in [-0.4, -0.2) is 105 Å². The number of hydrogen-bond donors (Lipinski definition) is 3. The van der Waals surface area contributed by atoms with Gasteiger partial charge in [-0.2, -0.15) is 4.31 Å². The van der Waals surface area contributed by atoms with E-state index in [1.165, 1.54) is 58.3 Å². The topological polar surface area (TPSA) is 186 Å². The molecule has 3 N–H and O–H groups in total. The molecule has 4 amide bonds. The van der Waals surface area contributed by atoms with Gasteiger partial charge in [0.1, 0.15) is 12.6 Å². The number of hydrogen-bond acceptors (Lipinski definition) is 10. The Morgan fingerprint density at radius 1 is 1.04 bits per heavy atom. The third kappa shape index (κ3) is 9.46. The first-order valence-corrected chi connectivity index (χ1v) is 17.4. The summed E-state index contributed by atoms with van der Waals surface area (Å²) in [4.78, 5) is 50.8. The number of sulfonamides is 1. The molecule has 4 rings (SSSR count). The van der Waals surface area contributed by atoms with Gasteiger partial charge in [0.25, 0.3) is 5.91 Å². The molecule has 262 valence electrons. The van der Waals surface area contributed by atoms with Crippen LogP contribution in [-0.2, 0) is 32.6 Å². The summed E-state index contributed by atoms with van der Waals surface area (Å²) in [5, 5.41) is 26.4. The molecule has 1 fully saturated rings. The van der Waals surface area contributed by atoms with Gasteiger partial charge in [-0.05, 0) is 41.5 Å². The van der Waals surface area contributed by atoms with Crippen molar-refractivity contribution in [2.75, 3.05) is 19.6 Å². The van der Waals surface area contributed by atoms with E-state index in [1.54, 1.807) is 13.8 Å². The second-order valence-corrected chi connectivity index (χ2v) is 14.6. The summed E-state index contributed by atoms with van der Waals surface area (Å²) in [7, 11) is -4.10. The molecule has 0 bridgehead atoms. The number of urea groups is 1. The van der Waals surface area contributed by atoms with Crippen molar-refractivity contribution in [2.24, 2.45) is 17.0 Å². The minimum Gasteiger partial charge on any atom is -0.411 e. The van der Waals surface area contributed by atoms with Gasteiger partial charge in [-0.3, -0.25) is 24.5 Å². The number of aliphatic hydroxyl groups excluding tert-OH is 1. The lowest BCUT2D eigenvalue weighted by Gasteiger charge is -2.34. The molecule has 49 heavy (non-hydrogen) atoms. The van der Waals surface area contributed by atoms with E-state index in [0.29, 0.717) is 11.3 Å². The van der Waals surface area contributed by atoms with Crippen molar-refractivity contribution in [1.29, 1.82) is 0 Å². The van der Waals surface area contributed by atoms with E-state index in [2.05, 4.69) is 20.4 Å². The third-order valence-electron chi connectivity index (χ3n) is 8.03. The maximum Gasteiger partial charge on any atom is 0.328 e. The van der Waals surface area contributed by atoms with E-state index >= 15 is 0 Å². The summed E-state index contributed by atoms with van der Waals surface area (Å²) in [6.07, 6.45) is 4.36. The lowest BCUT2D eigenvalue weighted by Crippen LogP contribution is -2.57. The van der Waals surface area contributed by atoms with E-state index in [4.69, 9.17) is 5.21 Å². The van der Waals surface area contributed by atoms with Crippen LogP contribution in [0, 0.1) is 11.8 Å². The smallest absolute Gasteiger partial charge is 0.328 e. The van der Waals surface area contributed by atoms with Crippen LogP contribution in [0.25, 0.3) is 0 Å². The molecule has 1 aromatic heterocycles. The van der Waals surface area contributed by atoms with Crippen LogP contribution in [0.15, 0.2) is 83.2 Å². The summed E-state index contributed by atoms with van der Waals surface area (Å²) in [6.45, 7) is 6.56. The summed E-state index contributed by atoms with van der Waals surface area (Å²) in [5.74, 6) is -1.59. The van der Waals surface area contributed by atoms with E-state index in [1.807, 2.05) is 44.2 Å². The molecule has 2 aromatic carbocycles. The van der Waals surface area contributed by atoms with Gasteiger partial charge >= 0.3 is 6.03 Å². The quantitative estimate of drug-likeness (QED) is 0.0878. The fraction of sp³-hybridized carbons (Fsp3) is 0.412. The van der Waals surface area contributed by atoms with E-state index < -0.39 is 52.0 Å². The molecule has 15 heteroatoms. The second-order valence-electron chi connectivity index (χ2n) is 12.7. The number of rotatable bonds is 16. The van der Waals surface area contributed by atoms with Gasteiger partial charge in [-0.15, -0.1) is 0 Å². The van der Waals surface area contributed by atoms with E-state index in [9.17, 15) is 27.9 Å². The highest BCUT2D eigenvalue weighted by Crippen LogP contribution is 2.23. The summed E-state index contributed by atoms with van der Waals surface area (Å²) in [5.41, 5.74) is 1.70. The van der Waals surface area contributed by atoms with Crippen molar-refractivity contribution in [3.05, 3.63) is 90.0 Å². The zero-order chi connectivity index (χ0) is 35.7. The van der Waals surface area contributed by atoms with Gasteiger partial charge in [-0.25, -0.2) is 13.2 Å². The Kier molecular flexibility index (Phi) is 12.6. The molecule has 3 atom stereocenters. The predicted octanol–water partition coefficient (Wildman–Crippen LogP) is 2.51. The first-order valence-electron chi connectivity index (χ1n) is 16.0. The molecule has 0 unspecified atom stereocenters.